The molecule has 0 N–H and O–H groups in total. The molecule has 5 nitrogen and oxygen atoms in total. The van der Waals surface area contributed by atoms with Crippen molar-refractivity contribution in [3.05, 3.63) is 31.4 Å². The lowest BCUT2D eigenvalue weighted by molar-refractivity contribution is -0.386. The number of nitro benzene ring substituents is 1. The van der Waals surface area contributed by atoms with E-state index < -0.39 is 4.92 Å². The van der Waals surface area contributed by atoms with Crippen LogP contribution in [0.3, 0.4) is 0 Å². The van der Waals surface area contributed by atoms with Crippen LogP contribution in [-0.4, -0.2) is 23.1 Å². The van der Waals surface area contributed by atoms with Crippen LogP contribution in [0.5, 0.6) is 5.75 Å². The molecule has 0 saturated carbocycles. The van der Waals surface area contributed by atoms with Crippen LogP contribution in [0.1, 0.15) is 10.4 Å². The van der Waals surface area contributed by atoms with Crippen molar-refractivity contribution in [3.63, 3.8) is 0 Å². The van der Waals surface area contributed by atoms with Gasteiger partial charge in [0.1, 0.15) is 0 Å². The molecule has 0 aromatic heterocycles. The van der Waals surface area contributed by atoms with Gasteiger partial charge >= 0.3 is 5.69 Å². The van der Waals surface area contributed by atoms with E-state index in [1.54, 1.807) is 0 Å². The zero-order chi connectivity index (χ0) is 12.3. The number of carbonyl (C=O) groups excluding carboxylic acids is 1. The molecule has 0 atom stereocenters. The third kappa shape index (κ3) is 2.70. The summed E-state index contributed by atoms with van der Waals surface area (Å²) in [5, 5.41) is 10.9. The highest BCUT2D eigenvalue weighted by molar-refractivity contribution is 14.1. The number of carbonyl (C=O) groups is 1. The number of rotatable bonds is 4. The van der Waals surface area contributed by atoms with Crippen molar-refractivity contribution in [1.82, 2.24) is 0 Å². The Balaban J connectivity index is 3.37. The first-order chi connectivity index (χ1) is 7.51. The number of Topliss-reactive ketones (excluding diaryl/α,β-unsaturated/α-hetero) is 1. The molecule has 16 heavy (non-hydrogen) atoms. The zero-order valence-corrected chi connectivity index (χ0v) is 11.9. The number of hydrogen-bond donors (Lipinski definition) is 0. The maximum Gasteiger partial charge on any atom is 0.324 e. The maximum atomic E-state index is 11.4. The van der Waals surface area contributed by atoms with Gasteiger partial charge in [-0.05, 0) is 34.7 Å². The predicted octanol–water partition coefficient (Wildman–Crippen LogP) is 2.79. The van der Waals surface area contributed by atoms with Crippen LogP contribution >= 0.6 is 38.5 Å². The SMILES string of the molecule is COc1cc(C(=O)CBr)cc(I)c1[N+](=O)[O-]. The quantitative estimate of drug-likeness (QED) is 0.256. The normalized spacial score (nSPS) is 9.94. The smallest absolute Gasteiger partial charge is 0.324 e. The highest BCUT2D eigenvalue weighted by Gasteiger charge is 2.22. The molecule has 0 heterocycles. The summed E-state index contributed by atoms with van der Waals surface area (Å²) < 4.78 is 5.29. The van der Waals surface area contributed by atoms with Crippen molar-refractivity contribution in [2.45, 2.75) is 0 Å². The molecule has 0 fully saturated rings. The summed E-state index contributed by atoms with van der Waals surface area (Å²) in [7, 11) is 1.33. The largest absolute Gasteiger partial charge is 0.490 e. The Labute approximate surface area is 114 Å². The lowest BCUT2D eigenvalue weighted by atomic mass is 10.1. The monoisotopic (exact) mass is 399 g/mol. The molecule has 0 saturated heterocycles. The van der Waals surface area contributed by atoms with Crippen LogP contribution in [-0.2, 0) is 0 Å². The second kappa shape index (κ2) is 5.58. The van der Waals surface area contributed by atoms with Crippen LogP contribution in [0.15, 0.2) is 12.1 Å². The van der Waals surface area contributed by atoms with Gasteiger partial charge in [0.25, 0.3) is 0 Å². The number of halogens is 2. The van der Waals surface area contributed by atoms with Gasteiger partial charge in [-0.3, -0.25) is 14.9 Å². The van der Waals surface area contributed by atoms with Crippen LogP contribution in [0, 0.1) is 13.7 Å². The van der Waals surface area contributed by atoms with E-state index in [1.165, 1.54) is 19.2 Å². The van der Waals surface area contributed by atoms with E-state index in [0.717, 1.165) is 0 Å². The van der Waals surface area contributed by atoms with Gasteiger partial charge in [-0.15, -0.1) is 0 Å². The van der Waals surface area contributed by atoms with Gasteiger partial charge in [0, 0.05) is 5.56 Å². The molecule has 0 radical (unpaired) electrons. The summed E-state index contributed by atoms with van der Waals surface area (Å²) in [5.74, 6) is -0.0488. The van der Waals surface area contributed by atoms with E-state index >= 15 is 0 Å². The Hall–Kier alpha value is -0.700. The number of alkyl halides is 1. The zero-order valence-electron chi connectivity index (χ0n) is 8.20. The molecule has 0 aliphatic heterocycles. The lowest BCUT2D eigenvalue weighted by Crippen LogP contribution is -2.04. The fraction of sp³-hybridized carbons (Fsp3) is 0.222. The second-order valence-electron chi connectivity index (χ2n) is 2.82. The first kappa shape index (κ1) is 13.4. The summed E-state index contributed by atoms with van der Waals surface area (Å²) in [6, 6.07) is 2.86. The number of hydrogen-bond acceptors (Lipinski definition) is 4. The minimum atomic E-state index is -0.525. The van der Waals surface area contributed by atoms with E-state index in [-0.39, 0.29) is 22.6 Å². The Kier molecular flexibility index (Phi) is 4.66. The number of ether oxygens (including phenoxy) is 1. The Bertz CT molecular complexity index is 449. The third-order valence-electron chi connectivity index (χ3n) is 1.87. The molecule has 86 valence electrons. The minimum Gasteiger partial charge on any atom is -0.490 e. The van der Waals surface area contributed by atoms with Crippen LogP contribution in [0.2, 0.25) is 0 Å². The Morgan fingerprint density at radius 1 is 1.62 bits per heavy atom. The van der Waals surface area contributed by atoms with Crippen molar-refractivity contribution in [3.8, 4) is 5.75 Å². The molecule has 0 aliphatic carbocycles. The van der Waals surface area contributed by atoms with Gasteiger partial charge in [0.05, 0.1) is 20.9 Å². The van der Waals surface area contributed by atoms with E-state index in [0.29, 0.717) is 9.13 Å². The molecule has 1 aromatic rings. The van der Waals surface area contributed by atoms with Crippen molar-refractivity contribution in [1.29, 1.82) is 0 Å². The fourth-order valence-corrected chi connectivity index (χ4v) is 2.27. The van der Waals surface area contributed by atoms with Gasteiger partial charge in [-0.1, -0.05) is 15.9 Å². The maximum absolute atomic E-state index is 11.4. The van der Waals surface area contributed by atoms with Gasteiger partial charge in [0.2, 0.25) is 0 Å². The van der Waals surface area contributed by atoms with E-state index in [1.807, 2.05) is 22.6 Å². The molecule has 1 rings (SSSR count). The first-order valence-corrected chi connectivity index (χ1v) is 6.32. The Morgan fingerprint density at radius 3 is 2.69 bits per heavy atom. The number of methoxy groups -OCH3 is 1. The number of nitro groups is 1. The van der Waals surface area contributed by atoms with Crippen molar-refractivity contribution in [2.75, 3.05) is 12.4 Å². The molecule has 0 amide bonds. The van der Waals surface area contributed by atoms with Gasteiger partial charge in [-0.2, -0.15) is 0 Å². The van der Waals surface area contributed by atoms with Gasteiger partial charge < -0.3 is 4.74 Å². The van der Waals surface area contributed by atoms with Crippen LogP contribution < -0.4 is 4.74 Å². The molecule has 7 heteroatoms. The minimum absolute atomic E-state index is 0.0983. The number of benzene rings is 1. The number of ketones is 1. The summed E-state index contributed by atoms with van der Waals surface area (Å²) in [6.07, 6.45) is 0. The molecule has 0 aliphatic rings. The summed E-state index contributed by atoms with van der Waals surface area (Å²) in [4.78, 5) is 21.7. The molecular weight excluding hydrogens is 393 g/mol. The van der Waals surface area contributed by atoms with E-state index in [4.69, 9.17) is 4.74 Å². The highest BCUT2D eigenvalue weighted by Crippen LogP contribution is 2.33. The lowest BCUT2D eigenvalue weighted by Gasteiger charge is -2.05. The molecular formula is C9H7BrINO4. The van der Waals surface area contributed by atoms with Crippen molar-refractivity contribution < 1.29 is 14.5 Å². The summed E-state index contributed by atoms with van der Waals surface area (Å²) in [5.41, 5.74) is 0.276. The van der Waals surface area contributed by atoms with Crippen molar-refractivity contribution >= 4 is 50.0 Å². The second-order valence-corrected chi connectivity index (χ2v) is 4.55. The molecule has 0 bridgehead atoms. The fourth-order valence-electron chi connectivity index (χ4n) is 1.14. The van der Waals surface area contributed by atoms with E-state index in [2.05, 4.69) is 15.9 Å². The summed E-state index contributed by atoms with van der Waals surface area (Å²) >= 11 is 4.85. The molecule has 1 aromatic carbocycles. The first-order valence-electron chi connectivity index (χ1n) is 4.12. The van der Waals surface area contributed by atoms with E-state index in [9.17, 15) is 14.9 Å². The average Bonchev–Trinajstić information content (AvgIpc) is 2.26. The standard InChI is InChI=1S/C9H7BrINO4/c1-16-8-3-5(7(13)4-10)2-6(11)9(8)12(14)15/h2-3H,4H2,1H3. The average molecular weight is 400 g/mol. The van der Waals surface area contributed by atoms with Crippen LogP contribution in [0.4, 0.5) is 5.69 Å². The van der Waals surface area contributed by atoms with Gasteiger partial charge in [0.15, 0.2) is 11.5 Å². The van der Waals surface area contributed by atoms with Gasteiger partial charge in [-0.25, -0.2) is 0 Å². The topological polar surface area (TPSA) is 69.4 Å². The molecule has 0 spiro atoms. The summed E-state index contributed by atoms with van der Waals surface area (Å²) in [6.45, 7) is 0. The Morgan fingerprint density at radius 2 is 2.25 bits per heavy atom. The van der Waals surface area contributed by atoms with Crippen molar-refractivity contribution in [2.24, 2.45) is 0 Å². The molecule has 0 unspecified atom stereocenters. The van der Waals surface area contributed by atoms with Crippen LogP contribution in [0.25, 0.3) is 0 Å². The third-order valence-corrected chi connectivity index (χ3v) is 3.21. The predicted molar refractivity (Wildman–Crippen MR) is 70.5 cm³/mol. The number of nitrogens with zero attached hydrogens (tertiary/aromatic N) is 1. The highest BCUT2D eigenvalue weighted by atomic mass is 127.